The summed E-state index contributed by atoms with van der Waals surface area (Å²) >= 11 is 0. The molecule has 68 valence electrons. The molecule has 12 heavy (non-hydrogen) atoms. The van der Waals surface area contributed by atoms with Gasteiger partial charge in [-0.25, -0.2) is 0 Å². The second kappa shape index (κ2) is 6.36. The van der Waals surface area contributed by atoms with Crippen LogP contribution in [0.15, 0.2) is 12.7 Å². The molecule has 5 heteroatoms. The first kappa shape index (κ1) is 10.6. The molecule has 2 amide bonds. The Bertz CT molecular complexity index is 179. The van der Waals surface area contributed by atoms with Crippen molar-refractivity contribution < 1.29 is 14.3 Å². The molecule has 0 spiro atoms. The first-order chi connectivity index (χ1) is 5.66. The van der Waals surface area contributed by atoms with E-state index in [2.05, 4.69) is 16.6 Å². The van der Waals surface area contributed by atoms with Gasteiger partial charge in [0.1, 0.15) is 13.2 Å². The smallest absolute Gasteiger partial charge is 0.246 e. The van der Waals surface area contributed by atoms with E-state index < -0.39 is 5.91 Å². The predicted molar refractivity (Wildman–Crippen MR) is 43.2 cm³/mol. The molecule has 0 saturated heterocycles. The maximum absolute atomic E-state index is 10.7. The van der Waals surface area contributed by atoms with Gasteiger partial charge in [-0.15, -0.1) is 6.58 Å². The fourth-order valence-electron chi connectivity index (χ4n) is 0.481. The third-order valence-electron chi connectivity index (χ3n) is 0.921. The van der Waals surface area contributed by atoms with Crippen LogP contribution in [0.2, 0.25) is 0 Å². The van der Waals surface area contributed by atoms with Gasteiger partial charge in [-0.2, -0.15) is 0 Å². The molecule has 0 radical (unpaired) electrons. The Morgan fingerprint density at radius 3 is 2.67 bits per heavy atom. The number of hydrogen-bond donors (Lipinski definition) is 2. The number of rotatable bonds is 6. The zero-order valence-corrected chi connectivity index (χ0v) is 6.71. The molecular formula is C7H12N2O3. The summed E-state index contributed by atoms with van der Waals surface area (Å²) in [7, 11) is 0. The number of ether oxygens (including phenoxy) is 1. The number of hydrogen-bond acceptors (Lipinski definition) is 3. The van der Waals surface area contributed by atoms with Gasteiger partial charge in [0, 0.05) is 6.54 Å². The quantitative estimate of drug-likeness (QED) is 0.493. The van der Waals surface area contributed by atoms with Crippen molar-refractivity contribution in [3.05, 3.63) is 12.7 Å². The van der Waals surface area contributed by atoms with Crippen molar-refractivity contribution >= 4 is 11.8 Å². The predicted octanol–water partition coefficient (Wildman–Crippen LogP) is -1.21. The topological polar surface area (TPSA) is 81.4 Å². The molecule has 0 unspecified atom stereocenters. The first-order valence-electron chi connectivity index (χ1n) is 3.40. The zero-order chi connectivity index (χ0) is 9.40. The van der Waals surface area contributed by atoms with E-state index >= 15 is 0 Å². The van der Waals surface area contributed by atoms with Crippen molar-refractivity contribution in [2.75, 3.05) is 19.8 Å². The van der Waals surface area contributed by atoms with Crippen molar-refractivity contribution in [1.29, 1.82) is 0 Å². The standard InChI is InChI=1S/C7H12N2O3/c1-2-3-9-7(11)5-12-4-6(8)10/h2H,1,3-5H2,(H2,8,10)(H,9,11). The van der Waals surface area contributed by atoms with E-state index in [1.165, 1.54) is 0 Å². The normalized spacial score (nSPS) is 9.00. The van der Waals surface area contributed by atoms with Gasteiger partial charge in [0.15, 0.2) is 0 Å². The second-order valence-corrected chi connectivity index (χ2v) is 2.05. The number of amides is 2. The Balaban J connectivity index is 3.31. The molecule has 0 aliphatic rings. The van der Waals surface area contributed by atoms with Crippen LogP contribution in [-0.4, -0.2) is 31.6 Å². The molecule has 5 nitrogen and oxygen atoms in total. The number of nitrogens with two attached hydrogens (primary N) is 1. The van der Waals surface area contributed by atoms with Gasteiger partial charge < -0.3 is 15.8 Å². The number of carbonyl (C=O) groups excluding carboxylic acids is 2. The van der Waals surface area contributed by atoms with E-state index in [4.69, 9.17) is 5.73 Å². The van der Waals surface area contributed by atoms with E-state index in [-0.39, 0.29) is 19.1 Å². The molecule has 0 aromatic heterocycles. The van der Waals surface area contributed by atoms with Crippen LogP contribution in [-0.2, 0) is 14.3 Å². The highest BCUT2D eigenvalue weighted by atomic mass is 16.5. The van der Waals surface area contributed by atoms with Crippen LogP contribution in [0.4, 0.5) is 0 Å². The average Bonchev–Trinajstić information content (AvgIpc) is 2.00. The summed E-state index contributed by atoms with van der Waals surface area (Å²) in [6.07, 6.45) is 1.55. The third-order valence-corrected chi connectivity index (χ3v) is 0.921. The van der Waals surface area contributed by atoms with Crippen LogP contribution in [0.1, 0.15) is 0 Å². The maximum Gasteiger partial charge on any atom is 0.246 e. The molecule has 0 fully saturated rings. The Hall–Kier alpha value is -1.36. The molecule has 0 aromatic rings. The summed E-state index contributed by atoms with van der Waals surface area (Å²) < 4.78 is 4.63. The van der Waals surface area contributed by atoms with Crippen molar-refractivity contribution in [2.24, 2.45) is 5.73 Å². The van der Waals surface area contributed by atoms with Crippen molar-refractivity contribution in [3.8, 4) is 0 Å². The van der Waals surface area contributed by atoms with E-state index in [1.807, 2.05) is 0 Å². The number of carbonyl (C=O) groups is 2. The van der Waals surface area contributed by atoms with Crippen LogP contribution in [0.5, 0.6) is 0 Å². The molecule has 0 atom stereocenters. The van der Waals surface area contributed by atoms with E-state index in [0.29, 0.717) is 6.54 Å². The van der Waals surface area contributed by atoms with Crippen LogP contribution >= 0.6 is 0 Å². The molecule has 0 heterocycles. The summed E-state index contributed by atoms with van der Waals surface area (Å²) in [5.41, 5.74) is 4.77. The molecule has 0 saturated carbocycles. The monoisotopic (exact) mass is 172 g/mol. The van der Waals surface area contributed by atoms with E-state index in [1.54, 1.807) is 6.08 Å². The Labute approximate surface area is 70.6 Å². The number of primary amides is 1. The highest BCUT2D eigenvalue weighted by Gasteiger charge is 2.00. The lowest BCUT2D eigenvalue weighted by Crippen LogP contribution is -2.29. The van der Waals surface area contributed by atoms with E-state index in [9.17, 15) is 9.59 Å². The lowest BCUT2D eigenvalue weighted by atomic mass is 10.5. The molecule has 0 aliphatic carbocycles. The molecule has 0 bridgehead atoms. The van der Waals surface area contributed by atoms with Gasteiger partial charge >= 0.3 is 0 Å². The SMILES string of the molecule is C=CCNC(=O)COCC(N)=O. The lowest BCUT2D eigenvalue weighted by molar-refractivity contribution is -0.129. The third kappa shape index (κ3) is 6.76. The minimum absolute atomic E-state index is 0.156. The van der Waals surface area contributed by atoms with Crippen LogP contribution < -0.4 is 11.1 Å². The van der Waals surface area contributed by atoms with Gasteiger partial charge in [-0.05, 0) is 0 Å². The Morgan fingerprint density at radius 2 is 2.17 bits per heavy atom. The zero-order valence-electron chi connectivity index (χ0n) is 6.71. The molecule has 0 aromatic carbocycles. The van der Waals surface area contributed by atoms with Crippen LogP contribution in [0.25, 0.3) is 0 Å². The fraction of sp³-hybridized carbons (Fsp3) is 0.429. The van der Waals surface area contributed by atoms with Gasteiger partial charge in [0.2, 0.25) is 11.8 Å². The summed E-state index contributed by atoms with van der Waals surface area (Å²) in [6.45, 7) is 3.41. The highest BCUT2D eigenvalue weighted by molar-refractivity contribution is 5.78. The number of nitrogens with one attached hydrogen (secondary N) is 1. The van der Waals surface area contributed by atoms with Crippen LogP contribution in [0, 0.1) is 0 Å². The van der Waals surface area contributed by atoms with Gasteiger partial charge in [-0.3, -0.25) is 9.59 Å². The summed E-state index contributed by atoms with van der Waals surface area (Å²) in [5.74, 6) is -0.886. The summed E-state index contributed by atoms with van der Waals surface area (Å²) in [5, 5.41) is 2.47. The fourth-order valence-corrected chi connectivity index (χ4v) is 0.481. The molecular weight excluding hydrogens is 160 g/mol. The van der Waals surface area contributed by atoms with Crippen molar-refractivity contribution in [3.63, 3.8) is 0 Å². The van der Waals surface area contributed by atoms with Crippen molar-refractivity contribution in [2.45, 2.75) is 0 Å². The second-order valence-electron chi connectivity index (χ2n) is 2.05. The largest absolute Gasteiger partial charge is 0.368 e. The molecule has 0 rings (SSSR count). The Morgan fingerprint density at radius 1 is 1.50 bits per heavy atom. The van der Waals surface area contributed by atoms with Gasteiger partial charge in [-0.1, -0.05) is 6.08 Å². The van der Waals surface area contributed by atoms with Gasteiger partial charge in [0.05, 0.1) is 0 Å². The van der Waals surface area contributed by atoms with Gasteiger partial charge in [0.25, 0.3) is 0 Å². The minimum Gasteiger partial charge on any atom is -0.368 e. The lowest BCUT2D eigenvalue weighted by Gasteiger charge is -2.01. The van der Waals surface area contributed by atoms with Crippen molar-refractivity contribution in [1.82, 2.24) is 5.32 Å². The highest BCUT2D eigenvalue weighted by Crippen LogP contribution is 1.74. The Kier molecular flexibility index (Phi) is 5.64. The molecule has 3 N–H and O–H groups in total. The van der Waals surface area contributed by atoms with E-state index in [0.717, 1.165) is 0 Å². The van der Waals surface area contributed by atoms with Crippen LogP contribution in [0.3, 0.4) is 0 Å². The minimum atomic E-state index is -0.591. The summed E-state index contributed by atoms with van der Waals surface area (Å²) in [6, 6.07) is 0. The average molecular weight is 172 g/mol. The molecule has 0 aliphatic heterocycles. The first-order valence-corrected chi connectivity index (χ1v) is 3.40. The maximum atomic E-state index is 10.7. The summed E-state index contributed by atoms with van der Waals surface area (Å²) in [4.78, 5) is 20.9.